The number of nitrogens with one attached hydrogen (secondary N) is 1. The predicted molar refractivity (Wildman–Crippen MR) is 61.1 cm³/mol. The number of nitrogens with zero attached hydrogens (tertiary/aromatic N) is 1. The van der Waals surface area contributed by atoms with E-state index >= 15 is 0 Å². The van der Waals surface area contributed by atoms with Gasteiger partial charge in [0.15, 0.2) is 0 Å². The minimum absolute atomic E-state index is 0.237. The van der Waals surface area contributed by atoms with Gasteiger partial charge in [0.2, 0.25) is 0 Å². The second-order valence-electron chi connectivity index (χ2n) is 3.92. The third kappa shape index (κ3) is 3.85. The van der Waals surface area contributed by atoms with E-state index in [1.54, 1.807) is 0 Å². The Morgan fingerprint density at radius 3 is 2.73 bits per heavy atom. The van der Waals surface area contributed by atoms with Crippen molar-refractivity contribution in [3.05, 3.63) is 23.9 Å². The van der Waals surface area contributed by atoms with Gasteiger partial charge in [0.1, 0.15) is 5.82 Å². The van der Waals surface area contributed by atoms with Gasteiger partial charge in [-0.25, -0.2) is 10.8 Å². The van der Waals surface area contributed by atoms with Crippen LogP contribution in [0.1, 0.15) is 26.5 Å². The molecule has 1 aromatic rings. The third-order valence-electron chi connectivity index (χ3n) is 2.39. The van der Waals surface area contributed by atoms with Crippen molar-refractivity contribution in [2.24, 2.45) is 11.8 Å². The monoisotopic (exact) mass is 209 g/mol. The van der Waals surface area contributed by atoms with E-state index in [1.165, 1.54) is 0 Å². The normalized spacial score (nSPS) is 12.9. The number of pyridine rings is 1. The van der Waals surface area contributed by atoms with Crippen molar-refractivity contribution < 1.29 is 4.74 Å². The second kappa shape index (κ2) is 5.68. The average Bonchev–Trinajstić information content (AvgIpc) is 2.26. The van der Waals surface area contributed by atoms with Crippen LogP contribution in [-0.4, -0.2) is 11.1 Å². The van der Waals surface area contributed by atoms with E-state index in [1.807, 2.05) is 18.2 Å². The second-order valence-corrected chi connectivity index (χ2v) is 3.92. The van der Waals surface area contributed by atoms with Gasteiger partial charge in [-0.15, -0.1) is 0 Å². The van der Waals surface area contributed by atoms with E-state index < -0.39 is 0 Å². The summed E-state index contributed by atoms with van der Waals surface area (Å²) in [6, 6.07) is 5.64. The first-order valence-corrected chi connectivity index (χ1v) is 5.17. The fourth-order valence-electron chi connectivity index (χ4n) is 1.05. The number of rotatable bonds is 5. The summed E-state index contributed by atoms with van der Waals surface area (Å²) in [6.45, 7) is 6.86. The van der Waals surface area contributed by atoms with Gasteiger partial charge in [0.05, 0.1) is 18.4 Å². The van der Waals surface area contributed by atoms with Gasteiger partial charge in [-0.3, -0.25) is 0 Å². The minimum Gasteiger partial charge on any atom is -0.372 e. The van der Waals surface area contributed by atoms with Gasteiger partial charge < -0.3 is 10.2 Å². The molecule has 84 valence electrons. The molecular weight excluding hydrogens is 190 g/mol. The van der Waals surface area contributed by atoms with Crippen molar-refractivity contribution in [1.29, 1.82) is 0 Å². The lowest BCUT2D eigenvalue weighted by Gasteiger charge is -2.16. The van der Waals surface area contributed by atoms with Crippen LogP contribution >= 0.6 is 0 Å². The highest BCUT2D eigenvalue weighted by molar-refractivity contribution is 5.33. The van der Waals surface area contributed by atoms with Gasteiger partial charge in [-0.2, -0.15) is 0 Å². The molecule has 15 heavy (non-hydrogen) atoms. The summed E-state index contributed by atoms with van der Waals surface area (Å²) in [6.07, 6.45) is 0.237. The zero-order valence-corrected chi connectivity index (χ0v) is 9.53. The summed E-state index contributed by atoms with van der Waals surface area (Å²) in [4.78, 5) is 4.26. The molecule has 0 aromatic carbocycles. The van der Waals surface area contributed by atoms with Gasteiger partial charge in [-0.05, 0) is 25.0 Å². The number of hydrogen-bond acceptors (Lipinski definition) is 4. The van der Waals surface area contributed by atoms with E-state index in [0.29, 0.717) is 18.3 Å². The molecule has 1 aromatic heterocycles. The van der Waals surface area contributed by atoms with Gasteiger partial charge >= 0.3 is 0 Å². The van der Waals surface area contributed by atoms with Crippen molar-refractivity contribution in [3.63, 3.8) is 0 Å². The van der Waals surface area contributed by atoms with Crippen LogP contribution in [0.25, 0.3) is 0 Å². The number of aromatic nitrogens is 1. The Hall–Kier alpha value is -1.13. The summed E-state index contributed by atoms with van der Waals surface area (Å²) in [7, 11) is 0. The van der Waals surface area contributed by atoms with Crippen LogP contribution in [0.4, 0.5) is 5.82 Å². The minimum atomic E-state index is 0.237. The molecule has 4 nitrogen and oxygen atoms in total. The summed E-state index contributed by atoms with van der Waals surface area (Å²) < 4.78 is 5.66. The SMILES string of the molecule is CC(C)C(C)OCc1cccc(NN)n1. The molecule has 0 aliphatic heterocycles. The van der Waals surface area contributed by atoms with Crippen LogP contribution in [-0.2, 0) is 11.3 Å². The van der Waals surface area contributed by atoms with E-state index in [4.69, 9.17) is 10.6 Å². The highest BCUT2D eigenvalue weighted by Gasteiger charge is 2.07. The molecule has 1 unspecified atom stereocenters. The first-order chi connectivity index (χ1) is 7.13. The average molecular weight is 209 g/mol. The fourth-order valence-corrected chi connectivity index (χ4v) is 1.05. The maximum Gasteiger partial charge on any atom is 0.140 e. The summed E-state index contributed by atoms with van der Waals surface area (Å²) >= 11 is 0. The molecule has 0 spiro atoms. The van der Waals surface area contributed by atoms with Crippen LogP contribution in [0.5, 0.6) is 0 Å². The largest absolute Gasteiger partial charge is 0.372 e. The Labute approximate surface area is 90.8 Å². The molecule has 1 heterocycles. The molecule has 0 fully saturated rings. The number of anilines is 1. The van der Waals surface area contributed by atoms with E-state index in [0.717, 1.165) is 5.69 Å². The van der Waals surface area contributed by atoms with Crippen molar-refractivity contribution in [2.45, 2.75) is 33.5 Å². The van der Waals surface area contributed by atoms with Gasteiger partial charge in [0.25, 0.3) is 0 Å². The summed E-state index contributed by atoms with van der Waals surface area (Å²) in [5.74, 6) is 6.44. The first kappa shape index (κ1) is 11.9. The predicted octanol–water partition coefficient (Wildman–Crippen LogP) is 1.93. The molecule has 0 saturated heterocycles. The number of ether oxygens (including phenoxy) is 1. The van der Waals surface area contributed by atoms with Crippen molar-refractivity contribution in [2.75, 3.05) is 5.43 Å². The zero-order chi connectivity index (χ0) is 11.3. The smallest absolute Gasteiger partial charge is 0.140 e. The van der Waals surface area contributed by atoms with Crippen LogP contribution in [0.15, 0.2) is 18.2 Å². The molecule has 4 heteroatoms. The standard InChI is InChI=1S/C11H19N3O/c1-8(2)9(3)15-7-10-5-4-6-11(13-10)14-12/h4-6,8-9H,7,12H2,1-3H3,(H,13,14). The van der Waals surface area contributed by atoms with Crippen LogP contribution in [0.3, 0.4) is 0 Å². The molecule has 0 amide bonds. The molecule has 1 rings (SSSR count). The Morgan fingerprint density at radius 2 is 2.13 bits per heavy atom. The lowest BCUT2D eigenvalue weighted by molar-refractivity contribution is 0.0219. The van der Waals surface area contributed by atoms with Gasteiger partial charge in [-0.1, -0.05) is 19.9 Å². The molecule has 0 aliphatic carbocycles. The third-order valence-corrected chi connectivity index (χ3v) is 2.39. The Bertz CT molecular complexity index is 302. The Balaban J connectivity index is 2.50. The van der Waals surface area contributed by atoms with Crippen LogP contribution < -0.4 is 11.3 Å². The lowest BCUT2D eigenvalue weighted by Crippen LogP contribution is -2.16. The first-order valence-electron chi connectivity index (χ1n) is 5.17. The summed E-state index contributed by atoms with van der Waals surface area (Å²) in [5, 5.41) is 0. The molecule has 0 bridgehead atoms. The molecule has 1 atom stereocenters. The van der Waals surface area contributed by atoms with E-state index in [-0.39, 0.29) is 6.10 Å². The van der Waals surface area contributed by atoms with Crippen molar-refractivity contribution >= 4 is 5.82 Å². The molecular formula is C11H19N3O. The van der Waals surface area contributed by atoms with Crippen molar-refractivity contribution in [3.8, 4) is 0 Å². The van der Waals surface area contributed by atoms with E-state index in [2.05, 4.69) is 31.2 Å². The Kier molecular flexibility index (Phi) is 4.52. The van der Waals surface area contributed by atoms with Crippen LogP contribution in [0, 0.1) is 5.92 Å². The number of nitrogen functional groups attached to an aromatic ring is 1. The molecule has 0 aliphatic rings. The fraction of sp³-hybridized carbons (Fsp3) is 0.545. The molecule has 3 N–H and O–H groups in total. The highest BCUT2D eigenvalue weighted by atomic mass is 16.5. The number of nitrogens with two attached hydrogens (primary N) is 1. The highest BCUT2D eigenvalue weighted by Crippen LogP contribution is 2.09. The Morgan fingerprint density at radius 1 is 1.40 bits per heavy atom. The number of hydrazine groups is 1. The zero-order valence-electron chi connectivity index (χ0n) is 9.53. The maximum absolute atomic E-state index is 5.66. The maximum atomic E-state index is 5.66. The summed E-state index contributed by atoms with van der Waals surface area (Å²) in [5.41, 5.74) is 3.40. The molecule has 0 saturated carbocycles. The topological polar surface area (TPSA) is 60.2 Å². The lowest BCUT2D eigenvalue weighted by atomic mass is 10.1. The van der Waals surface area contributed by atoms with Crippen LogP contribution in [0.2, 0.25) is 0 Å². The molecule has 0 radical (unpaired) electrons. The number of hydrogen-bond donors (Lipinski definition) is 2. The van der Waals surface area contributed by atoms with E-state index in [9.17, 15) is 0 Å². The van der Waals surface area contributed by atoms with Gasteiger partial charge in [0, 0.05) is 0 Å². The quantitative estimate of drug-likeness (QED) is 0.574. The van der Waals surface area contributed by atoms with Crippen molar-refractivity contribution in [1.82, 2.24) is 4.98 Å².